The average molecular weight is 500 g/mol. The number of amides is 1. The van der Waals surface area contributed by atoms with Crippen LogP contribution in [0.25, 0.3) is 0 Å². The molecule has 8 heteroatoms. The van der Waals surface area contributed by atoms with Gasteiger partial charge in [-0.05, 0) is 58.1 Å². The second-order valence-corrected chi connectivity index (χ2v) is 7.84. The summed E-state index contributed by atoms with van der Waals surface area (Å²) in [5.41, 5.74) is 4.67. The van der Waals surface area contributed by atoms with Gasteiger partial charge in [-0.15, -0.1) is 0 Å². The Bertz CT molecular complexity index is 882. The van der Waals surface area contributed by atoms with E-state index >= 15 is 0 Å². The van der Waals surface area contributed by atoms with E-state index in [0.717, 1.165) is 20.1 Å². The predicted octanol–water partition coefficient (Wildman–Crippen LogP) is 4.58. The van der Waals surface area contributed by atoms with Crippen molar-refractivity contribution < 1.29 is 19.7 Å². The number of nitrogens with one attached hydrogen (secondary N) is 1. The highest BCUT2D eigenvalue weighted by molar-refractivity contribution is 9.11. The molecule has 2 aromatic rings. The van der Waals surface area contributed by atoms with Gasteiger partial charge in [-0.3, -0.25) is 4.79 Å². The van der Waals surface area contributed by atoms with Gasteiger partial charge in [0.15, 0.2) is 6.61 Å². The Labute approximate surface area is 174 Å². The first-order chi connectivity index (χ1) is 12.7. The largest absolute Gasteiger partial charge is 0.508 e. The third-order valence-corrected chi connectivity index (χ3v) is 5.59. The number of nitrogens with zero attached hydrogens (tertiary/aromatic N) is 1. The Morgan fingerprint density at radius 1 is 1.30 bits per heavy atom. The second kappa shape index (κ2) is 9.23. The molecular weight excluding hydrogens is 480 g/mol. The molecule has 0 unspecified atom stereocenters. The number of benzene rings is 2. The van der Waals surface area contributed by atoms with Crippen molar-refractivity contribution in [1.29, 1.82) is 0 Å². The van der Waals surface area contributed by atoms with Crippen LogP contribution in [0.15, 0.2) is 38.3 Å². The first-order valence-electron chi connectivity index (χ1n) is 8.15. The molecule has 0 fully saturated rings. The highest BCUT2D eigenvalue weighted by Gasteiger charge is 2.17. The van der Waals surface area contributed by atoms with Crippen molar-refractivity contribution in [3.05, 3.63) is 49.9 Å². The molecule has 0 aliphatic heterocycles. The summed E-state index contributed by atoms with van der Waals surface area (Å²) in [5, 5.41) is 22.7. The number of phenolic OH excluding ortho intramolecular Hbond substituents is 2. The maximum Gasteiger partial charge on any atom is 0.277 e. The van der Waals surface area contributed by atoms with Crippen molar-refractivity contribution in [3.8, 4) is 17.2 Å². The number of halogens is 2. The quantitative estimate of drug-likeness (QED) is 0.400. The molecule has 0 spiro atoms. The van der Waals surface area contributed by atoms with E-state index in [1.165, 1.54) is 24.4 Å². The van der Waals surface area contributed by atoms with E-state index in [9.17, 15) is 15.0 Å². The highest BCUT2D eigenvalue weighted by atomic mass is 79.9. The zero-order valence-electron chi connectivity index (χ0n) is 15.1. The molecule has 0 aliphatic carbocycles. The Kier molecular flexibility index (Phi) is 7.26. The lowest BCUT2D eigenvalue weighted by atomic mass is 10.0. The van der Waals surface area contributed by atoms with Crippen molar-refractivity contribution in [1.82, 2.24) is 5.43 Å². The van der Waals surface area contributed by atoms with Gasteiger partial charge in [0.2, 0.25) is 0 Å². The van der Waals surface area contributed by atoms with Gasteiger partial charge in [-0.25, -0.2) is 5.43 Å². The third-order valence-electron chi connectivity index (χ3n) is 3.81. The maximum atomic E-state index is 12.0. The van der Waals surface area contributed by atoms with Crippen LogP contribution < -0.4 is 10.2 Å². The summed E-state index contributed by atoms with van der Waals surface area (Å²) in [6.45, 7) is 5.83. The van der Waals surface area contributed by atoms with E-state index in [2.05, 4.69) is 42.4 Å². The topological polar surface area (TPSA) is 91.2 Å². The molecule has 0 radical (unpaired) electrons. The summed E-state index contributed by atoms with van der Waals surface area (Å²) < 4.78 is 7.50. The molecule has 144 valence electrons. The van der Waals surface area contributed by atoms with Crippen LogP contribution in [0.2, 0.25) is 0 Å². The number of aromatic hydroxyl groups is 2. The molecule has 0 aromatic heterocycles. The number of rotatable bonds is 6. The van der Waals surface area contributed by atoms with Crippen LogP contribution in [-0.2, 0) is 4.79 Å². The Morgan fingerprint density at radius 3 is 2.63 bits per heavy atom. The molecule has 2 aromatic carbocycles. The van der Waals surface area contributed by atoms with Crippen molar-refractivity contribution >= 4 is 44.0 Å². The third kappa shape index (κ3) is 5.46. The summed E-state index contributed by atoms with van der Waals surface area (Å²) in [6.07, 6.45) is 1.28. The number of ether oxygens (including phenoxy) is 1. The van der Waals surface area contributed by atoms with Gasteiger partial charge >= 0.3 is 0 Å². The fraction of sp³-hybridized carbons (Fsp3) is 0.263. The Balaban J connectivity index is 2.03. The lowest BCUT2D eigenvalue weighted by Gasteiger charge is -2.18. The Morgan fingerprint density at radius 2 is 2.00 bits per heavy atom. The lowest BCUT2D eigenvalue weighted by molar-refractivity contribution is -0.123. The SMILES string of the molecule is Cc1c(Br)cc(C(C)C)c(OCC(=O)NN=Cc2ccc(O)cc2O)c1Br. The molecular formula is C19H20Br2N2O4. The second-order valence-electron chi connectivity index (χ2n) is 6.20. The van der Waals surface area contributed by atoms with Crippen LogP contribution in [-0.4, -0.2) is 28.9 Å². The molecule has 1 amide bonds. The van der Waals surface area contributed by atoms with Gasteiger partial charge in [-0.1, -0.05) is 29.8 Å². The molecule has 0 saturated carbocycles. The maximum absolute atomic E-state index is 12.0. The van der Waals surface area contributed by atoms with Crippen molar-refractivity contribution in [2.45, 2.75) is 26.7 Å². The van der Waals surface area contributed by atoms with Crippen LogP contribution in [0.3, 0.4) is 0 Å². The molecule has 0 heterocycles. The minimum absolute atomic E-state index is 0.0570. The molecule has 3 N–H and O–H groups in total. The van der Waals surface area contributed by atoms with E-state index in [1.807, 2.05) is 26.8 Å². The molecule has 0 atom stereocenters. The van der Waals surface area contributed by atoms with Crippen LogP contribution in [0.1, 0.15) is 36.5 Å². The molecule has 0 saturated heterocycles. The van der Waals surface area contributed by atoms with Gasteiger partial charge in [-0.2, -0.15) is 5.10 Å². The smallest absolute Gasteiger partial charge is 0.277 e. The van der Waals surface area contributed by atoms with Crippen molar-refractivity contribution in [2.75, 3.05) is 6.61 Å². The van der Waals surface area contributed by atoms with Gasteiger partial charge in [0.25, 0.3) is 5.91 Å². The van der Waals surface area contributed by atoms with Gasteiger partial charge in [0.05, 0.1) is 10.7 Å². The van der Waals surface area contributed by atoms with E-state index in [-0.39, 0.29) is 24.0 Å². The number of hydrazone groups is 1. The summed E-state index contributed by atoms with van der Waals surface area (Å²) >= 11 is 7.06. The minimum Gasteiger partial charge on any atom is -0.508 e. The molecule has 0 bridgehead atoms. The van der Waals surface area contributed by atoms with Crippen LogP contribution >= 0.6 is 31.9 Å². The van der Waals surface area contributed by atoms with Crippen LogP contribution in [0.4, 0.5) is 0 Å². The number of hydrogen-bond donors (Lipinski definition) is 3. The van der Waals surface area contributed by atoms with Crippen LogP contribution in [0, 0.1) is 6.92 Å². The van der Waals surface area contributed by atoms with E-state index in [1.54, 1.807) is 0 Å². The normalized spacial score (nSPS) is 11.2. The summed E-state index contributed by atoms with van der Waals surface area (Å²) in [7, 11) is 0. The summed E-state index contributed by atoms with van der Waals surface area (Å²) in [6, 6.07) is 6.07. The summed E-state index contributed by atoms with van der Waals surface area (Å²) in [4.78, 5) is 12.0. The van der Waals surface area contributed by atoms with Gasteiger partial charge < -0.3 is 14.9 Å². The first kappa shape index (κ1) is 21.2. The molecule has 2 rings (SSSR count). The summed E-state index contributed by atoms with van der Waals surface area (Å²) in [5.74, 6) is 0.206. The van der Waals surface area contributed by atoms with Crippen LogP contribution in [0.5, 0.6) is 17.2 Å². The standard InChI is InChI=1S/C19H20Br2N2O4/c1-10(2)14-7-15(20)11(3)18(21)19(14)27-9-17(26)23-22-8-12-4-5-13(24)6-16(12)25/h4-8,10,24-25H,9H2,1-3H3,(H,23,26). The van der Waals surface area contributed by atoms with E-state index < -0.39 is 5.91 Å². The van der Waals surface area contributed by atoms with E-state index in [0.29, 0.717) is 11.3 Å². The first-order valence-corrected chi connectivity index (χ1v) is 9.74. The number of hydrogen-bond acceptors (Lipinski definition) is 5. The number of carbonyl (C=O) groups is 1. The number of carbonyl (C=O) groups excluding carboxylic acids is 1. The van der Waals surface area contributed by atoms with Crippen molar-refractivity contribution in [2.24, 2.45) is 5.10 Å². The zero-order chi connectivity index (χ0) is 20.1. The zero-order valence-corrected chi connectivity index (χ0v) is 18.3. The van der Waals surface area contributed by atoms with E-state index in [4.69, 9.17) is 4.74 Å². The molecule has 27 heavy (non-hydrogen) atoms. The van der Waals surface area contributed by atoms with Gasteiger partial charge in [0, 0.05) is 16.1 Å². The predicted molar refractivity (Wildman–Crippen MR) is 112 cm³/mol. The van der Waals surface area contributed by atoms with Gasteiger partial charge in [0.1, 0.15) is 17.2 Å². The number of phenols is 2. The monoisotopic (exact) mass is 498 g/mol. The van der Waals surface area contributed by atoms with Crippen molar-refractivity contribution in [3.63, 3.8) is 0 Å². The minimum atomic E-state index is -0.438. The average Bonchev–Trinajstić information content (AvgIpc) is 2.60. The lowest BCUT2D eigenvalue weighted by Crippen LogP contribution is -2.25. The highest BCUT2D eigenvalue weighted by Crippen LogP contribution is 2.40. The fourth-order valence-electron chi connectivity index (χ4n) is 2.27. The molecule has 6 nitrogen and oxygen atoms in total. The molecule has 0 aliphatic rings. The fourth-order valence-corrected chi connectivity index (χ4v) is 3.54. The Hall–Kier alpha value is -2.06.